The fourth-order valence-corrected chi connectivity index (χ4v) is 2.72. The minimum absolute atomic E-state index is 0.290. The smallest absolute Gasteiger partial charge is 0.0669 e. The van der Waals surface area contributed by atoms with Gasteiger partial charge in [-0.05, 0) is 26.0 Å². The topological polar surface area (TPSA) is 47.7 Å². The second-order valence-electron chi connectivity index (χ2n) is 5.27. The molecule has 2 aromatic heterocycles. The van der Waals surface area contributed by atoms with E-state index in [9.17, 15) is 0 Å². The van der Waals surface area contributed by atoms with Crippen LogP contribution in [0.4, 0.5) is 0 Å². The van der Waals surface area contributed by atoms with Crippen LogP contribution in [0, 0.1) is 6.92 Å². The van der Waals surface area contributed by atoms with Crippen LogP contribution >= 0.6 is 0 Å². The van der Waals surface area contributed by atoms with Gasteiger partial charge in [-0.15, -0.1) is 0 Å². The SMILES string of the molecule is CCNC(Cc1cc(C)nn1C)c1cn(C)nc1CC. The van der Waals surface area contributed by atoms with Crippen molar-refractivity contribution in [1.29, 1.82) is 0 Å². The summed E-state index contributed by atoms with van der Waals surface area (Å²) in [5.74, 6) is 0. The molecule has 5 nitrogen and oxygen atoms in total. The van der Waals surface area contributed by atoms with Gasteiger partial charge in [0.15, 0.2) is 0 Å². The average molecular weight is 275 g/mol. The molecule has 5 heteroatoms. The molecule has 0 aromatic carbocycles. The van der Waals surface area contributed by atoms with Crippen molar-refractivity contribution in [3.8, 4) is 0 Å². The fourth-order valence-electron chi connectivity index (χ4n) is 2.72. The molecule has 0 aliphatic rings. The molecule has 1 unspecified atom stereocenters. The highest BCUT2D eigenvalue weighted by Gasteiger charge is 2.19. The molecule has 110 valence electrons. The van der Waals surface area contributed by atoms with Gasteiger partial charge in [0.1, 0.15) is 0 Å². The summed E-state index contributed by atoms with van der Waals surface area (Å²) in [6.45, 7) is 7.28. The van der Waals surface area contributed by atoms with Crippen LogP contribution in [-0.2, 0) is 26.9 Å². The van der Waals surface area contributed by atoms with Gasteiger partial charge in [-0.25, -0.2) is 0 Å². The van der Waals surface area contributed by atoms with Gasteiger partial charge >= 0.3 is 0 Å². The Labute approximate surface area is 121 Å². The van der Waals surface area contributed by atoms with E-state index in [0.717, 1.165) is 25.1 Å². The lowest BCUT2D eigenvalue weighted by Crippen LogP contribution is -2.24. The van der Waals surface area contributed by atoms with Gasteiger partial charge in [-0.1, -0.05) is 13.8 Å². The van der Waals surface area contributed by atoms with E-state index in [0.29, 0.717) is 6.04 Å². The molecular formula is C15H25N5. The predicted molar refractivity (Wildman–Crippen MR) is 80.7 cm³/mol. The maximum atomic E-state index is 4.56. The predicted octanol–water partition coefficient (Wildman–Crippen LogP) is 1.92. The van der Waals surface area contributed by atoms with Crippen LogP contribution in [0.15, 0.2) is 12.3 Å². The van der Waals surface area contributed by atoms with Gasteiger partial charge in [-0.3, -0.25) is 9.36 Å². The van der Waals surface area contributed by atoms with Crippen LogP contribution in [0.25, 0.3) is 0 Å². The molecule has 2 rings (SSSR count). The van der Waals surface area contributed by atoms with E-state index in [1.165, 1.54) is 17.0 Å². The van der Waals surface area contributed by atoms with Crippen LogP contribution in [0.3, 0.4) is 0 Å². The first-order valence-electron chi connectivity index (χ1n) is 7.30. The zero-order valence-corrected chi connectivity index (χ0v) is 13.1. The maximum Gasteiger partial charge on any atom is 0.0669 e. The number of hydrogen-bond acceptors (Lipinski definition) is 3. The first kappa shape index (κ1) is 14.8. The van der Waals surface area contributed by atoms with Crippen LogP contribution in [0.1, 0.15) is 42.5 Å². The standard InChI is InChI=1S/C15H25N5/c1-6-14-13(10-19(4)18-14)15(16-7-2)9-12-8-11(3)17-20(12)5/h8,10,15-16H,6-7,9H2,1-5H3. The Kier molecular flexibility index (Phi) is 4.60. The van der Waals surface area contributed by atoms with Crippen molar-refractivity contribution in [2.24, 2.45) is 14.1 Å². The summed E-state index contributed by atoms with van der Waals surface area (Å²) in [5.41, 5.74) is 4.80. The summed E-state index contributed by atoms with van der Waals surface area (Å²) in [4.78, 5) is 0. The molecule has 0 aliphatic carbocycles. The lowest BCUT2D eigenvalue weighted by atomic mass is 10.0. The Balaban J connectivity index is 2.28. The molecule has 0 fully saturated rings. The monoisotopic (exact) mass is 275 g/mol. The van der Waals surface area contributed by atoms with E-state index in [1.807, 2.05) is 30.4 Å². The molecule has 0 saturated carbocycles. The van der Waals surface area contributed by atoms with E-state index in [4.69, 9.17) is 0 Å². The lowest BCUT2D eigenvalue weighted by Gasteiger charge is -2.18. The number of aryl methyl sites for hydroxylation is 4. The number of nitrogens with zero attached hydrogens (tertiary/aromatic N) is 4. The zero-order valence-electron chi connectivity index (χ0n) is 13.1. The molecule has 0 saturated heterocycles. The van der Waals surface area contributed by atoms with Crippen LogP contribution < -0.4 is 5.32 Å². The third-order valence-corrected chi connectivity index (χ3v) is 3.61. The summed E-state index contributed by atoms with van der Waals surface area (Å²) in [7, 11) is 4.00. The molecule has 2 heterocycles. The molecule has 2 aromatic rings. The normalized spacial score (nSPS) is 12.8. The quantitative estimate of drug-likeness (QED) is 0.876. The molecule has 1 atom stereocenters. The third-order valence-electron chi connectivity index (χ3n) is 3.61. The van der Waals surface area contributed by atoms with Crippen LogP contribution in [0.5, 0.6) is 0 Å². The molecule has 0 amide bonds. The Hall–Kier alpha value is -1.62. The number of rotatable bonds is 6. The minimum Gasteiger partial charge on any atom is -0.310 e. The summed E-state index contributed by atoms with van der Waals surface area (Å²) >= 11 is 0. The summed E-state index contributed by atoms with van der Waals surface area (Å²) in [6.07, 6.45) is 4.03. The summed E-state index contributed by atoms with van der Waals surface area (Å²) in [6, 6.07) is 2.45. The van der Waals surface area contributed by atoms with E-state index < -0.39 is 0 Å². The Morgan fingerprint density at radius 1 is 1.25 bits per heavy atom. The number of hydrogen-bond donors (Lipinski definition) is 1. The highest BCUT2D eigenvalue weighted by Crippen LogP contribution is 2.22. The van der Waals surface area contributed by atoms with Gasteiger partial charge in [0.2, 0.25) is 0 Å². The van der Waals surface area contributed by atoms with E-state index in [2.05, 4.69) is 41.6 Å². The zero-order chi connectivity index (χ0) is 14.7. The number of likely N-dealkylation sites (N-methyl/N-ethyl adjacent to an activating group) is 1. The molecule has 0 bridgehead atoms. The van der Waals surface area contributed by atoms with Crippen LogP contribution in [-0.4, -0.2) is 26.1 Å². The molecule has 0 radical (unpaired) electrons. The Bertz CT molecular complexity index is 567. The van der Waals surface area contributed by atoms with E-state index in [1.54, 1.807) is 0 Å². The minimum atomic E-state index is 0.290. The molecular weight excluding hydrogens is 250 g/mol. The van der Waals surface area contributed by atoms with Crippen molar-refractivity contribution in [3.63, 3.8) is 0 Å². The van der Waals surface area contributed by atoms with Crippen molar-refractivity contribution in [3.05, 3.63) is 34.9 Å². The van der Waals surface area contributed by atoms with Gasteiger partial charge in [0, 0.05) is 44.0 Å². The van der Waals surface area contributed by atoms with Gasteiger partial charge in [-0.2, -0.15) is 10.2 Å². The van der Waals surface area contributed by atoms with Crippen molar-refractivity contribution in [2.45, 2.75) is 39.7 Å². The second-order valence-corrected chi connectivity index (χ2v) is 5.27. The average Bonchev–Trinajstić information content (AvgIpc) is 2.91. The molecule has 20 heavy (non-hydrogen) atoms. The van der Waals surface area contributed by atoms with Crippen molar-refractivity contribution < 1.29 is 0 Å². The highest BCUT2D eigenvalue weighted by atomic mass is 15.3. The van der Waals surface area contributed by atoms with Crippen molar-refractivity contribution in [1.82, 2.24) is 24.9 Å². The van der Waals surface area contributed by atoms with Crippen LogP contribution in [0.2, 0.25) is 0 Å². The second kappa shape index (κ2) is 6.22. The molecule has 0 aliphatic heterocycles. The Morgan fingerprint density at radius 3 is 2.55 bits per heavy atom. The fraction of sp³-hybridized carbons (Fsp3) is 0.600. The Morgan fingerprint density at radius 2 is 2.00 bits per heavy atom. The molecule has 0 spiro atoms. The largest absolute Gasteiger partial charge is 0.310 e. The van der Waals surface area contributed by atoms with Gasteiger partial charge in [0.25, 0.3) is 0 Å². The maximum absolute atomic E-state index is 4.56. The summed E-state index contributed by atoms with van der Waals surface area (Å²) in [5, 5.41) is 12.6. The van der Waals surface area contributed by atoms with Crippen molar-refractivity contribution >= 4 is 0 Å². The lowest BCUT2D eigenvalue weighted by molar-refractivity contribution is 0.525. The first-order valence-corrected chi connectivity index (χ1v) is 7.30. The van der Waals surface area contributed by atoms with E-state index >= 15 is 0 Å². The van der Waals surface area contributed by atoms with E-state index in [-0.39, 0.29) is 0 Å². The first-order chi connectivity index (χ1) is 9.55. The van der Waals surface area contributed by atoms with Gasteiger partial charge in [0.05, 0.1) is 11.4 Å². The highest BCUT2D eigenvalue weighted by molar-refractivity contribution is 5.24. The number of nitrogens with one attached hydrogen (secondary N) is 1. The molecule has 1 N–H and O–H groups in total. The third kappa shape index (κ3) is 3.10. The summed E-state index contributed by atoms with van der Waals surface area (Å²) < 4.78 is 3.88. The number of aromatic nitrogens is 4. The van der Waals surface area contributed by atoms with Gasteiger partial charge < -0.3 is 5.32 Å². The van der Waals surface area contributed by atoms with Crippen molar-refractivity contribution in [2.75, 3.05) is 6.54 Å².